The Kier molecular flexibility index (Phi) is 5.41. The van der Waals surface area contributed by atoms with Gasteiger partial charge in [-0.1, -0.05) is 0 Å². The zero-order valence-electron chi connectivity index (χ0n) is 9.80. The molecule has 1 aromatic carbocycles. The topological polar surface area (TPSA) is 38.3 Å². The highest BCUT2D eigenvalue weighted by molar-refractivity contribution is 9.10. The van der Waals surface area contributed by atoms with Crippen LogP contribution in [0.25, 0.3) is 0 Å². The number of nitrogens with one attached hydrogen (secondary N) is 1. The van der Waals surface area contributed by atoms with Crippen LogP contribution >= 0.6 is 15.9 Å². The first-order chi connectivity index (χ1) is 7.99. The van der Waals surface area contributed by atoms with Gasteiger partial charge in [0.1, 0.15) is 11.6 Å². The van der Waals surface area contributed by atoms with Crippen molar-refractivity contribution in [2.45, 2.75) is 26.3 Å². The Labute approximate surface area is 108 Å². The maximum atomic E-state index is 12.9. The van der Waals surface area contributed by atoms with E-state index >= 15 is 0 Å². The molecular formula is C12H15BrFNO2. The van der Waals surface area contributed by atoms with Gasteiger partial charge in [0.05, 0.1) is 17.5 Å². The van der Waals surface area contributed by atoms with E-state index in [0.29, 0.717) is 10.2 Å². The number of ether oxygens (including phenoxy) is 1. The number of hydrogen-bond acceptors (Lipinski definition) is 2. The summed E-state index contributed by atoms with van der Waals surface area (Å²) >= 11 is 3.25. The van der Waals surface area contributed by atoms with Gasteiger partial charge >= 0.3 is 0 Å². The summed E-state index contributed by atoms with van der Waals surface area (Å²) in [5, 5.41) is 2.75. The molecule has 0 atom stereocenters. The minimum atomic E-state index is -0.366. The fraction of sp³-hybridized carbons (Fsp3) is 0.417. The average molecular weight is 304 g/mol. The second kappa shape index (κ2) is 6.59. The number of hydrogen-bond donors (Lipinski definition) is 1. The number of halogens is 2. The molecule has 5 heteroatoms. The third-order valence-corrected chi connectivity index (χ3v) is 2.58. The number of amides is 1. The minimum Gasteiger partial charge on any atom is -0.492 e. The second-order valence-electron chi connectivity index (χ2n) is 3.90. The number of benzene rings is 1. The molecule has 0 saturated heterocycles. The third-order valence-electron chi connectivity index (χ3n) is 1.93. The van der Waals surface area contributed by atoms with Crippen LogP contribution in [-0.4, -0.2) is 18.6 Å². The Balaban J connectivity index is 2.40. The van der Waals surface area contributed by atoms with Gasteiger partial charge in [0, 0.05) is 12.1 Å². The minimum absolute atomic E-state index is 0.0764. The van der Waals surface area contributed by atoms with Crippen molar-refractivity contribution in [1.82, 2.24) is 5.32 Å². The van der Waals surface area contributed by atoms with Crippen LogP contribution in [0.2, 0.25) is 0 Å². The molecule has 1 aromatic rings. The van der Waals surface area contributed by atoms with E-state index in [4.69, 9.17) is 4.74 Å². The first-order valence-electron chi connectivity index (χ1n) is 5.36. The van der Waals surface area contributed by atoms with Gasteiger partial charge in [-0.05, 0) is 41.9 Å². The molecular weight excluding hydrogens is 289 g/mol. The van der Waals surface area contributed by atoms with Gasteiger partial charge in [0.25, 0.3) is 0 Å². The summed E-state index contributed by atoms with van der Waals surface area (Å²) in [5.41, 5.74) is 0. The quantitative estimate of drug-likeness (QED) is 0.908. The van der Waals surface area contributed by atoms with Crippen LogP contribution in [0.1, 0.15) is 20.3 Å². The van der Waals surface area contributed by atoms with Crippen LogP contribution < -0.4 is 10.1 Å². The second-order valence-corrected chi connectivity index (χ2v) is 4.75. The molecule has 0 aromatic heterocycles. The van der Waals surface area contributed by atoms with Gasteiger partial charge in [0.2, 0.25) is 5.91 Å². The van der Waals surface area contributed by atoms with Gasteiger partial charge < -0.3 is 10.1 Å². The van der Waals surface area contributed by atoms with Gasteiger partial charge in [-0.25, -0.2) is 4.39 Å². The monoisotopic (exact) mass is 303 g/mol. The van der Waals surface area contributed by atoms with Gasteiger partial charge in [-0.15, -0.1) is 0 Å². The van der Waals surface area contributed by atoms with Crippen LogP contribution in [0.15, 0.2) is 22.7 Å². The van der Waals surface area contributed by atoms with E-state index in [1.54, 1.807) is 6.07 Å². The van der Waals surface area contributed by atoms with Crippen molar-refractivity contribution >= 4 is 21.8 Å². The van der Waals surface area contributed by atoms with E-state index < -0.39 is 0 Å². The van der Waals surface area contributed by atoms with Crippen molar-refractivity contribution in [2.24, 2.45) is 0 Å². The number of carbonyl (C=O) groups excluding carboxylic acids is 1. The van der Waals surface area contributed by atoms with Crippen LogP contribution in [-0.2, 0) is 4.79 Å². The Morgan fingerprint density at radius 1 is 1.53 bits per heavy atom. The van der Waals surface area contributed by atoms with Crippen molar-refractivity contribution < 1.29 is 13.9 Å². The zero-order valence-corrected chi connectivity index (χ0v) is 11.4. The summed E-state index contributed by atoms with van der Waals surface area (Å²) < 4.78 is 18.9. The standard InChI is InChI=1S/C12H15BrFNO2/c1-8(2)15-12(16)5-6-17-11-7-9(14)3-4-10(11)13/h3-4,7-8H,5-6H2,1-2H3,(H,15,16). The maximum Gasteiger partial charge on any atom is 0.223 e. The van der Waals surface area contributed by atoms with Crippen LogP contribution in [0.5, 0.6) is 5.75 Å². The highest BCUT2D eigenvalue weighted by Crippen LogP contribution is 2.25. The molecule has 0 unspecified atom stereocenters. The first kappa shape index (κ1) is 14.0. The lowest BCUT2D eigenvalue weighted by atomic mass is 10.3. The largest absolute Gasteiger partial charge is 0.492 e. The van der Waals surface area contributed by atoms with E-state index in [9.17, 15) is 9.18 Å². The summed E-state index contributed by atoms with van der Waals surface area (Å²) in [4.78, 5) is 11.3. The van der Waals surface area contributed by atoms with Gasteiger partial charge in [0.15, 0.2) is 0 Å². The zero-order chi connectivity index (χ0) is 12.8. The highest BCUT2D eigenvalue weighted by atomic mass is 79.9. The molecule has 1 N–H and O–H groups in total. The molecule has 3 nitrogen and oxygen atoms in total. The summed E-state index contributed by atoms with van der Waals surface area (Å²) in [5.74, 6) is -0.0373. The van der Waals surface area contributed by atoms with E-state index in [2.05, 4.69) is 21.2 Å². The maximum absolute atomic E-state index is 12.9. The molecule has 1 rings (SSSR count). The Morgan fingerprint density at radius 2 is 2.24 bits per heavy atom. The van der Waals surface area contributed by atoms with Gasteiger partial charge in [-0.3, -0.25) is 4.79 Å². The summed E-state index contributed by atoms with van der Waals surface area (Å²) in [7, 11) is 0. The van der Waals surface area contributed by atoms with E-state index in [0.717, 1.165) is 0 Å². The summed E-state index contributed by atoms with van der Waals surface area (Å²) in [6, 6.07) is 4.30. The predicted octanol–water partition coefficient (Wildman–Crippen LogP) is 2.88. The molecule has 0 saturated carbocycles. The lowest BCUT2D eigenvalue weighted by Gasteiger charge is -2.10. The molecule has 0 aliphatic heterocycles. The lowest BCUT2D eigenvalue weighted by Crippen LogP contribution is -2.31. The van der Waals surface area contributed by atoms with Crippen molar-refractivity contribution in [3.63, 3.8) is 0 Å². The molecule has 0 spiro atoms. The molecule has 0 fully saturated rings. The van der Waals surface area contributed by atoms with Crippen molar-refractivity contribution in [3.8, 4) is 5.75 Å². The fourth-order valence-corrected chi connectivity index (χ4v) is 1.60. The smallest absolute Gasteiger partial charge is 0.223 e. The van der Waals surface area contributed by atoms with E-state index in [1.165, 1.54) is 12.1 Å². The van der Waals surface area contributed by atoms with E-state index in [-0.39, 0.29) is 30.8 Å². The third kappa shape index (κ3) is 5.17. The van der Waals surface area contributed by atoms with Crippen molar-refractivity contribution in [2.75, 3.05) is 6.61 Å². The number of carbonyl (C=O) groups is 1. The van der Waals surface area contributed by atoms with Crippen molar-refractivity contribution in [3.05, 3.63) is 28.5 Å². The van der Waals surface area contributed by atoms with Crippen LogP contribution in [0.3, 0.4) is 0 Å². The first-order valence-corrected chi connectivity index (χ1v) is 6.15. The fourth-order valence-electron chi connectivity index (χ4n) is 1.24. The normalized spacial score (nSPS) is 10.4. The molecule has 0 aliphatic carbocycles. The van der Waals surface area contributed by atoms with Crippen LogP contribution in [0.4, 0.5) is 4.39 Å². The van der Waals surface area contributed by atoms with Crippen molar-refractivity contribution in [1.29, 1.82) is 0 Å². The highest BCUT2D eigenvalue weighted by Gasteiger charge is 2.06. The molecule has 0 bridgehead atoms. The number of rotatable bonds is 5. The summed E-state index contributed by atoms with van der Waals surface area (Å²) in [6.07, 6.45) is 0.251. The predicted molar refractivity (Wildman–Crippen MR) is 67.5 cm³/mol. The summed E-state index contributed by atoms with van der Waals surface area (Å²) in [6.45, 7) is 4.00. The SMILES string of the molecule is CC(C)NC(=O)CCOc1cc(F)ccc1Br. The van der Waals surface area contributed by atoms with Gasteiger partial charge in [-0.2, -0.15) is 0 Å². The van der Waals surface area contributed by atoms with Crippen LogP contribution in [0, 0.1) is 5.82 Å². The lowest BCUT2D eigenvalue weighted by molar-refractivity contribution is -0.122. The van der Waals surface area contributed by atoms with E-state index in [1.807, 2.05) is 13.8 Å². The molecule has 0 aliphatic rings. The Bertz CT molecular complexity index is 396. The Hall–Kier alpha value is -1.10. The molecule has 0 heterocycles. The molecule has 1 amide bonds. The molecule has 94 valence electrons. The molecule has 17 heavy (non-hydrogen) atoms. The molecule has 0 radical (unpaired) electrons. The Morgan fingerprint density at radius 3 is 2.88 bits per heavy atom. The average Bonchev–Trinajstić information content (AvgIpc) is 2.22.